The van der Waals surface area contributed by atoms with Crippen LogP contribution in [-0.2, 0) is 14.3 Å². The van der Waals surface area contributed by atoms with Crippen molar-refractivity contribution in [2.75, 3.05) is 13.9 Å². The highest BCUT2D eigenvalue weighted by Gasteiger charge is 2.39. The van der Waals surface area contributed by atoms with Crippen LogP contribution in [0.5, 0.6) is 0 Å². The summed E-state index contributed by atoms with van der Waals surface area (Å²) in [6, 6.07) is -1.51. The first-order chi connectivity index (χ1) is 7.97. The second kappa shape index (κ2) is 5.95. The zero-order valence-electron chi connectivity index (χ0n) is 10.2. The Morgan fingerprint density at radius 2 is 2.18 bits per heavy atom. The summed E-state index contributed by atoms with van der Waals surface area (Å²) in [4.78, 5) is 22.5. The highest BCUT2D eigenvalue weighted by atomic mass is 16.7. The summed E-state index contributed by atoms with van der Waals surface area (Å²) >= 11 is 0. The molecule has 1 saturated heterocycles. The first-order valence-corrected chi connectivity index (χ1v) is 5.39. The average molecular weight is 246 g/mol. The molecule has 0 radical (unpaired) electrons. The highest BCUT2D eigenvalue weighted by molar-refractivity contribution is 5.96. The lowest BCUT2D eigenvalue weighted by Crippen LogP contribution is -2.58. The van der Waals surface area contributed by atoms with E-state index >= 15 is 0 Å². The van der Waals surface area contributed by atoms with E-state index in [-0.39, 0.29) is 19.1 Å². The molecule has 0 aromatic heterocycles. The van der Waals surface area contributed by atoms with Crippen LogP contribution in [0.3, 0.4) is 0 Å². The van der Waals surface area contributed by atoms with Crippen molar-refractivity contribution in [3.63, 3.8) is 0 Å². The minimum atomic E-state index is -0.821. The standard InChI is InChI=1S/C10H18N2O5/c1-6(2)9(17-5-16-3)7-4-8(13)11-10(14)12(7)15/h6-7,9,15H,4-5H2,1-3H3,(H,11,13,14). The number of methoxy groups -OCH3 is 1. The number of urea groups is 1. The largest absolute Gasteiger partial charge is 0.359 e. The molecule has 17 heavy (non-hydrogen) atoms. The van der Waals surface area contributed by atoms with Crippen molar-refractivity contribution < 1.29 is 24.3 Å². The molecule has 7 heteroatoms. The molecule has 0 saturated carbocycles. The molecule has 7 nitrogen and oxygen atoms in total. The second-order valence-electron chi connectivity index (χ2n) is 4.25. The smallest absolute Gasteiger partial charge is 0.348 e. The molecule has 98 valence electrons. The third kappa shape index (κ3) is 3.39. The molecule has 2 unspecified atom stereocenters. The molecule has 1 fully saturated rings. The summed E-state index contributed by atoms with van der Waals surface area (Å²) in [7, 11) is 1.48. The van der Waals surface area contributed by atoms with Crippen LogP contribution in [0.25, 0.3) is 0 Å². The minimum Gasteiger partial charge on any atom is -0.359 e. The van der Waals surface area contributed by atoms with E-state index in [1.165, 1.54) is 7.11 Å². The highest BCUT2D eigenvalue weighted by Crippen LogP contribution is 2.20. The Hall–Kier alpha value is -1.18. The number of ether oxygens (including phenoxy) is 2. The first-order valence-electron chi connectivity index (χ1n) is 5.39. The van der Waals surface area contributed by atoms with Crippen molar-refractivity contribution in [1.82, 2.24) is 10.4 Å². The van der Waals surface area contributed by atoms with Gasteiger partial charge in [0.15, 0.2) is 0 Å². The van der Waals surface area contributed by atoms with Crippen LogP contribution in [0.2, 0.25) is 0 Å². The molecule has 0 aromatic rings. The molecule has 0 aliphatic carbocycles. The molecule has 0 bridgehead atoms. The Kier molecular flexibility index (Phi) is 4.86. The molecular formula is C10H18N2O5. The lowest BCUT2D eigenvalue weighted by Gasteiger charge is -2.36. The van der Waals surface area contributed by atoms with Gasteiger partial charge in [-0.1, -0.05) is 13.8 Å². The van der Waals surface area contributed by atoms with Gasteiger partial charge >= 0.3 is 6.03 Å². The van der Waals surface area contributed by atoms with Gasteiger partial charge in [0.25, 0.3) is 0 Å². The Labute approximate surface area is 99.6 Å². The summed E-state index contributed by atoms with van der Waals surface area (Å²) in [6.45, 7) is 3.80. The molecule has 2 atom stereocenters. The summed E-state index contributed by atoms with van der Waals surface area (Å²) in [6.07, 6.45) is -0.454. The number of hydroxylamine groups is 2. The van der Waals surface area contributed by atoms with E-state index in [1.54, 1.807) is 0 Å². The van der Waals surface area contributed by atoms with Crippen LogP contribution in [-0.4, -0.2) is 48.3 Å². The Morgan fingerprint density at radius 3 is 2.71 bits per heavy atom. The van der Waals surface area contributed by atoms with E-state index in [1.807, 2.05) is 19.2 Å². The number of carbonyl (C=O) groups excluding carboxylic acids is 2. The van der Waals surface area contributed by atoms with Crippen molar-refractivity contribution in [2.45, 2.75) is 32.4 Å². The van der Waals surface area contributed by atoms with Crippen molar-refractivity contribution in [2.24, 2.45) is 5.92 Å². The van der Waals surface area contributed by atoms with E-state index in [0.29, 0.717) is 5.06 Å². The third-order valence-corrected chi connectivity index (χ3v) is 2.58. The number of hydrogen-bond acceptors (Lipinski definition) is 5. The van der Waals surface area contributed by atoms with Gasteiger partial charge in [-0.3, -0.25) is 15.3 Å². The fourth-order valence-corrected chi connectivity index (χ4v) is 1.80. The lowest BCUT2D eigenvalue weighted by molar-refractivity contribution is -0.175. The number of nitrogens with one attached hydrogen (secondary N) is 1. The van der Waals surface area contributed by atoms with Crippen LogP contribution in [0.15, 0.2) is 0 Å². The Balaban J connectivity index is 2.76. The van der Waals surface area contributed by atoms with Crippen LogP contribution in [0.1, 0.15) is 20.3 Å². The van der Waals surface area contributed by atoms with Crippen molar-refractivity contribution in [3.8, 4) is 0 Å². The van der Waals surface area contributed by atoms with E-state index < -0.39 is 24.1 Å². The molecule has 0 aromatic carbocycles. The fraction of sp³-hybridized carbons (Fsp3) is 0.800. The van der Waals surface area contributed by atoms with Crippen LogP contribution < -0.4 is 5.32 Å². The van der Waals surface area contributed by atoms with Crippen molar-refractivity contribution in [1.29, 1.82) is 0 Å². The predicted octanol–water partition coefficient (Wildman–Crippen LogP) is 0.331. The normalized spacial score (nSPS) is 22.9. The SMILES string of the molecule is COCOC(C(C)C)C1CC(=O)NC(=O)N1O. The number of hydrogen-bond donors (Lipinski definition) is 2. The van der Waals surface area contributed by atoms with Gasteiger partial charge in [-0.25, -0.2) is 4.79 Å². The topological polar surface area (TPSA) is 88.1 Å². The lowest BCUT2D eigenvalue weighted by atomic mass is 9.95. The number of carbonyl (C=O) groups is 2. The molecule has 0 spiro atoms. The summed E-state index contributed by atoms with van der Waals surface area (Å²) in [5, 5.41) is 12.2. The number of imide groups is 1. The monoisotopic (exact) mass is 246 g/mol. The maximum absolute atomic E-state index is 11.3. The zero-order chi connectivity index (χ0) is 13.0. The average Bonchev–Trinajstić information content (AvgIpc) is 2.24. The predicted molar refractivity (Wildman–Crippen MR) is 57.2 cm³/mol. The third-order valence-electron chi connectivity index (χ3n) is 2.58. The molecule has 1 aliphatic heterocycles. The second-order valence-corrected chi connectivity index (χ2v) is 4.25. The summed E-state index contributed by atoms with van der Waals surface area (Å²) in [5.41, 5.74) is 0. The quantitative estimate of drug-likeness (QED) is 0.539. The van der Waals surface area contributed by atoms with E-state index in [0.717, 1.165) is 0 Å². The van der Waals surface area contributed by atoms with Crippen molar-refractivity contribution >= 4 is 11.9 Å². The van der Waals surface area contributed by atoms with E-state index in [4.69, 9.17) is 9.47 Å². The summed E-state index contributed by atoms with van der Waals surface area (Å²) in [5.74, 6) is -0.388. The molecule has 1 aliphatic rings. The Bertz CT molecular complexity index is 294. The van der Waals surface area contributed by atoms with Gasteiger partial charge in [-0.05, 0) is 5.92 Å². The number of rotatable bonds is 5. The van der Waals surface area contributed by atoms with Gasteiger partial charge in [0.05, 0.1) is 18.6 Å². The van der Waals surface area contributed by atoms with E-state index in [9.17, 15) is 14.8 Å². The number of nitrogens with zero attached hydrogens (tertiary/aromatic N) is 1. The maximum atomic E-state index is 11.3. The Morgan fingerprint density at radius 1 is 1.53 bits per heavy atom. The van der Waals surface area contributed by atoms with Gasteiger partial charge in [-0.2, -0.15) is 5.06 Å². The zero-order valence-corrected chi connectivity index (χ0v) is 10.2. The molecule has 2 N–H and O–H groups in total. The van der Waals surface area contributed by atoms with Crippen LogP contribution >= 0.6 is 0 Å². The van der Waals surface area contributed by atoms with Gasteiger partial charge in [0.1, 0.15) is 6.79 Å². The molecule has 1 rings (SSSR count). The minimum absolute atomic E-state index is 0.00873. The van der Waals surface area contributed by atoms with Crippen molar-refractivity contribution in [3.05, 3.63) is 0 Å². The first kappa shape index (κ1) is 13.9. The van der Waals surface area contributed by atoms with Crippen LogP contribution in [0, 0.1) is 5.92 Å². The van der Waals surface area contributed by atoms with Gasteiger partial charge < -0.3 is 9.47 Å². The fourth-order valence-electron chi connectivity index (χ4n) is 1.80. The number of amides is 3. The van der Waals surface area contributed by atoms with E-state index in [2.05, 4.69) is 0 Å². The van der Waals surface area contributed by atoms with Gasteiger partial charge in [0, 0.05) is 7.11 Å². The maximum Gasteiger partial charge on any atom is 0.348 e. The molecule has 1 heterocycles. The van der Waals surface area contributed by atoms with Gasteiger partial charge in [-0.15, -0.1) is 0 Å². The summed E-state index contributed by atoms with van der Waals surface area (Å²) < 4.78 is 10.2. The van der Waals surface area contributed by atoms with Gasteiger partial charge in [0.2, 0.25) is 5.91 Å². The molecule has 3 amide bonds. The van der Waals surface area contributed by atoms with Crippen LogP contribution in [0.4, 0.5) is 4.79 Å². The molecular weight excluding hydrogens is 228 g/mol.